The van der Waals surface area contributed by atoms with Gasteiger partial charge in [0.1, 0.15) is 5.69 Å². The number of amidine groups is 1. The molecule has 2 heterocycles. The van der Waals surface area contributed by atoms with Crippen LogP contribution in [0.25, 0.3) is 5.69 Å². The maximum absolute atomic E-state index is 8.63. The maximum atomic E-state index is 8.63. The summed E-state index contributed by atoms with van der Waals surface area (Å²) in [5.41, 5.74) is 7.75. The number of oxime groups is 1. The molecule has 0 radical (unpaired) electrons. The normalized spacial score (nSPS) is 12.1. The highest BCUT2D eigenvalue weighted by molar-refractivity contribution is 5.95. The van der Waals surface area contributed by atoms with Gasteiger partial charge in [-0.25, -0.2) is 4.68 Å². The fourth-order valence-corrected chi connectivity index (χ4v) is 1.54. The van der Waals surface area contributed by atoms with Gasteiger partial charge in [-0.2, -0.15) is 5.10 Å². The average Bonchev–Trinajstić information content (AvgIpc) is 2.88. The highest BCUT2D eigenvalue weighted by Crippen LogP contribution is 2.14. The molecule has 0 fully saturated rings. The molecule has 0 aliphatic carbocycles. The Hall–Kier alpha value is -2.37. The van der Waals surface area contributed by atoms with Crippen LogP contribution in [-0.4, -0.2) is 25.8 Å². The number of rotatable bonds is 3. The molecule has 0 spiro atoms. The lowest BCUT2D eigenvalue weighted by Crippen LogP contribution is -2.15. The standard InChI is InChI=1S/C12H15N5O/c1-8(2)10-4-6-17(15-10)9-3-5-14-11(7-9)12(13)16-18/h3-8,18H,1-2H3,(H2,13,16). The van der Waals surface area contributed by atoms with Crippen molar-refractivity contribution < 1.29 is 5.21 Å². The molecule has 0 aliphatic heterocycles. The minimum Gasteiger partial charge on any atom is -0.409 e. The van der Waals surface area contributed by atoms with Crippen LogP contribution in [-0.2, 0) is 0 Å². The van der Waals surface area contributed by atoms with Crippen LogP contribution < -0.4 is 5.73 Å². The molecule has 0 bridgehead atoms. The Morgan fingerprint density at radius 3 is 2.83 bits per heavy atom. The quantitative estimate of drug-likeness (QED) is 0.371. The first-order valence-electron chi connectivity index (χ1n) is 5.61. The molecule has 6 heteroatoms. The summed E-state index contributed by atoms with van der Waals surface area (Å²) in [4.78, 5) is 4.02. The van der Waals surface area contributed by atoms with Crippen LogP contribution in [0.15, 0.2) is 35.7 Å². The highest BCUT2D eigenvalue weighted by Gasteiger charge is 2.07. The molecule has 0 saturated carbocycles. The van der Waals surface area contributed by atoms with Gasteiger partial charge in [0.05, 0.1) is 11.4 Å². The Morgan fingerprint density at radius 1 is 1.44 bits per heavy atom. The van der Waals surface area contributed by atoms with Crippen LogP contribution in [0.3, 0.4) is 0 Å². The van der Waals surface area contributed by atoms with Crippen molar-refractivity contribution in [1.82, 2.24) is 14.8 Å². The predicted molar refractivity (Wildman–Crippen MR) is 68.0 cm³/mol. The van der Waals surface area contributed by atoms with E-state index in [1.165, 1.54) is 0 Å². The second-order valence-electron chi connectivity index (χ2n) is 4.22. The molecule has 2 aromatic heterocycles. The van der Waals surface area contributed by atoms with Crippen molar-refractivity contribution in [3.05, 3.63) is 42.0 Å². The van der Waals surface area contributed by atoms with Crippen molar-refractivity contribution in [2.75, 3.05) is 0 Å². The lowest BCUT2D eigenvalue weighted by atomic mass is 10.1. The van der Waals surface area contributed by atoms with Gasteiger partial charge in [-0.3, -0.25) is 4.98 Å². The van der Waals surface area contributed by atoms with E-state index in [1.54, 1.807) is 16.9 Å². The summed E-state index contributed by atoms with van der Waals surface area (Å²) in [5.74, 6) is 0.352. The van der Waals surface area contributed by atoms with Crippen LogP contribution in [0.5, 0.6) is 0 Å². The van der Waals surface area contributed by atoms with E-state index in [4.69, 9.17) is 10.9 Å². The minimum absolute atomic E-state index is 0.0203. The Balaban J connectivity index is 2.38. The van der Waals surface area contributed by atoms with Crippen molar-refractivity contribution in [3.63, 3.8) is 0 Å². The molecule has 2 aromatic rings. The van der Waals surface area contributed by atoms with Crippen molar-refractivity contribution >= 4 is 5.84 Å². The topological polar surface area (TPSA) is 89.3 Å². The van der Waals surface area contributed by atoms with Gasteiger partial charge < -0.3 is 10.9 Å². The van der Waals surface area contributed by atoms with E-state index in [1.807, 2.05) is 18.3 Å². The fraction of sp³-hybridized carbons (Fsp3) is 0.250. The summed E-state index contributed by atoms with van der Waals surface area (Å²) in [6.45, 7) is 4.17. The number of nitrogens with zero attached hydrogens (tertiary/aromatic N) is 4. The number of pyridine rings is 1. The lowest BCUT2D eigenvalue weighted by Gasteiger charge is -2.04. The van der Waals surface area contributed by atoms with Crippen molar-refractivity contribution in [1.29, 1.82) is 0 Å². The molecule has 0 aliphatic rings. The number of nitrogens with two attached hydrogens (primary N) is 1. The molecule has 6 nitrogen and oxygen atoms in total. The third kappa shape index (κ3) is 2.32. The summed E-state index contributed by atoms with van der Waals surface area (Å²) in [6, 6.07) is 5.49. The molecular weight excluding hydrogens is 230 g/mol. The molecule has 0 saturated heterocycles. The monoisotopic (exact) mass is 245 g/mol. The second kappa shape index (κ2) is 4.87. The fourth-order valence-electron chi connectivity index (χ4n) is 1.54. The van der Waals surface area contributed by atoms with Crippen molar-refractivity contribution in [2.45, 2.75) is 19.8 Å². The first-order valence-corrected chi connectivity index (χ1v) is 5.61. The van der Waals surface area contributed by atoms with E-state index in [2.05, 4.69) is 29.1 Å². The minimum atomic E-state index is -0.0203. The van der Waals surface area contributed by atoms with Gasteiger partial charge in [-0.15, -0.1) is 0 Å². The smallest absolute Gasteiger partial charge is 0.188 e. The first kappa shape index (κ1) is 12.1. The molecule has 0 unspecified atom stereocenters. The van der Waals surface area contributed by atoms with E-state index < -0.39 is 0 Å². The summed E-state index contributed by atoms with van der Waals surface area (Å²) in [5, 5.41) is 16.0. The molecule has 0 atom stereocenters. The highest BCUT2D eigenvalue weighted by atomic mass is 16.4. The summed E-state index contributed by atoms with van der Waals surface area (Å²) >= 11 is 0. The summed E-state index contributed by atoms with van der Waals surface area (Å²) in [6.07, 6.45) is 3.47. The molecule has 2 rings (SSSR count). The van der Waals surface area contributed by atoms with Gasteiger partial charge in [0.15, 0.2) is 5.84 Å². The van der Waals surface area contributed by atoms with Crippen LogP contribution in [0.4, 0.5) is 0 Å². The third-order valence-electron chi connectivity index (χ3n) is 2.58. The average molecular weight is 245 g/mol. The van der Waals surface area contributed by atoms with Gasteiger partial charge in [0, 0.05) is 12.4 Å². The molecule has 3 N–H and O–H groups in total. The zero-order valence-electron chi connectivity index (χ0n) is 10.3. The van der Waals surface area contributed by atoms with Crippen LogP contribution in [0.2, 0.25) is 0 Å². The molecule has 0 amide bonds. The number of aromatic nitrogens is 3. The van der Waals surface area contributed by atoms with E-state index in [0.29, 0.717) is 11.6 Å². The SMILES string of the molecule is CC(C)c1ccn(-c2ccnc(C(N)=NO)c2)n1. The summed E-state index contributed by atoms with van der Waals surface area (Å²) < 4.78 is 1.74. The Labute approximate surface area is 105 Å². The van der Waals surface area contributed by atoms with E-state index in [-0.39, 0.29) is 5.84 Å². The maximum Gasteiger partial charge on any atom is 0.188 e. The van der Waals surface area contributed by atoms with Gasteiger partial charge in [0.25, 0.3) is 0 Å². The Kier molecular flexibility index (Phi) is 3.27. The van der Waals surface area contributed by atoms with E-state index >= 15 is 0 Å². The molecule has 94 valence electrons. The Morgan fingerprint density at radius 2 is 2.22 bits per heavy atom. The van der Waals surface area contributed by atoms with Gasteiger partial charge in [0.2, 0.25) is 0 Å². The molecule has 0 aromatic carbocycles. The van der Waals surface area contributed by atoms with E-state index in [0.717, 1.165) is 11.4 Å². The van der Waals surface area contributed by atoms with Gasteiger partial charge >= 0.3 is 0 Å². The van der Waals surface area contributed by atoms with E-state index in [9.17, 15) is 0 Å². The van der Waals surface area contributed by atoms with Crippen LogP contribution in [0, 0.1) is 0 Å². The molecular formula is C12H15N5O. The first-order chi connectivity index (χ1) is 8.61. The predicted octanol–water partition coefficient (Wildman–Crippen LogP) is 1.49. The zero-order chi connectivity index (χ0) is 13.1. The zero-order valence-corrected chi connectivity index (χ0v) is 10.3. The lowest BCUT2D eigenvalue weighted by molar-refractivity contribution is 0.318. The van der Waals surface area contributed by atoms with Crippen molar-refractivity contribution in [3.8, 4) is 5.69 Å². The van der Waals surface area contributed by atoms with Crippen LogP contribution in [0.1, 0.15) is 31.2 Å². The van der Waals surface area contributed by atoms with Crippen molar-refractivity contribution in [2.24, 2.45) is 10.9 Å². The number of hydrogen-bond acceptors (Lipinski definition) is 4. The number of hydrogen-bond donors (Lipinski definition) is 2. The Bertz CT molecular complexity index is 573. The second-order valence-corrected chi connectivity index (χ2v) is 4.22. The third-order valence-corrected chi connectivity index (χ3v) is 2.58. The van der Waals surface area contributed by atoms with Crippen LogP contribution >= 0.6 is 0 Å². The van der Waals surface area contributed by atoms with Gasteiger partial charge in [-0.05, 0) is 24.1 Å². The van der Waals surface area contributed by atoms with Gasteiger partial charge in [-0.1, -0.05) is 19.0 Å². The summed E-state index contributed by atoms with van der Waals surface area (Å²) in [7, 11) is 0. The molecule has 18 heavy (non-hydrogen) atoms. The largest absolute Gasteiger partial charge is 0.409 e.